The molecule has 4 rings (SSSR count). The molecule has 2 aromatic carbocycles. The first-order valence-electron chi connectivity index (χ1n) is 8.14. The molecule has 8 heteroatoms. The number of aryl methyl sites for hydroxylation is 1. The molecule has 0 saturated carbocycles. The van der Waals surface area contributed by atoms with Gasteiger partial charge in [0.15, 0.2) is 0 Å². The molecule has 0 amide bonds. The number of halogens is 4. The highest BCUT2D eigenvalue weighted by Gasteiger charge is 2.31. The molecule has 0 saturated heterocycles. The molecule has 1 atom stereocenters. The summed E-state index contributed by atoms with van der Waals surface area (Å²) in [6.07, 6.45) is 0.268. The highest BCUT2D eigenvalue weighted by atomic mass is 35.5. The summed E-state index contributed by atoms with van der Waals surface area (Å²) in [5.74, 6) is 0.724. The zero-order chi connectivity index (χ0) is 19.2. The maximum Gasteiger partial charge on any atom is 0.416 e. The van der Waals surface area contributed by atoms with Crippen molar-refractivity contribution < 1.29 is 13.2 Å². The third kappa shape index (κ3) is 3.19. The summed E-state index contributed by atoms with van der Waals surface area (Å²) < 4.78 is 40.5. The summed E-state index contributed by atoms with van der Waals surface area (Å²) in [6, 6.07) is 10.4. The van der Waals surface area contributed by atoms with Gasteiger partial charge in [-0.2, -0.15) is 13.2 Å². The fraction of sp³-hybridized carbons (Fsp3) is 0.158. The summed E-state index contributed by atoms with van der Waals surface area (Å²) >= 11 is 6.14. The van der Waals surface area contributed by atoms with Gasteiger partial charge in [0, 0.05) is 23.1 Å². The Morgan fingerprint density at radius 3 is 2.52 bits per heavy atom. The van der Waals surface area contributed by atoms with Crippen molar-refractivity contribution >= 4 is 34.5 Å². The van der Waals surface area contributed by atoms with E-state index in [0.29, 0.717) is 10.7 Å². The Bertz CT molecular complexity index is 1050. The second-order valence-electron chi connectivity index (χ2n) is 6.10. The van der Waals surface area contributed by atoms with Crippen molar-refractivity contribution in [2.75, 3.05) is 4.90 Å². The summed E-state index contributed by atoms with van der Waals surface area (Å²) in [5, 5.41) is 0.570. The Labute approximate surface area is 158 Å². The molecule has 1 aromatic heterocycles. The molecule has 4 nitrogen and oxygen atoms in total. The summed E-state index contributed by atoms with van der Waals surface area (Å²) in [4.78, 5) is 10.8. The fourth-order valence-corrected chi connectivity index (χ4v) is 3.28. The number of rotatable bonds is 2. The van der Waals surface area contributed by atoms with E-state index in [1.54, 1.807) is 35.5 Å². The lowest BCUT2D eigenvalue weighted by Gasteiger charge is -2.31. The first-order valence-corrected chi connectivity index (χ1v) is 8.52. The molecule has 0 N–H and O–H groups in total. The lowest BCUT2D eigenvalue weighted by Crippen LogP contribution is -2.29. The molecular formula is C19H14ClF3N4. The van der Waals surface area contributed by atoms with Crippen LogP contribution in [-0.4, -0.2) is 15.8 Å². The average Bonchev–Trinajstić information content (AvgIpc) is 2.96. The van der Waals surface area contributed by atoms with Gasteiger partial charge in [-0.05, 0) is 55.5 Å². The standard InChI is InChI=1S/C19H14ClF3N4/c1-12-25-16-8-5-14(20)11-17(16)27(12)18-24-9-2-10-26(18)15-6-3-13(4-7-15)19(21,22)23/h2-11,18H,1H3. The Kier molecular flexibility index (Phi) is 4.19. The molecule has 1 aliphatic rings. The molecule has 1 unspecified atom stereocenters. The number of hydrogen-bond acceptors (Lipinski definition) is 3. The van der Waals surface area contributed by atoms with Crippen LogP contribution < -0.4 is 4.90 Å². The largest absolute Gasteiger partial charge is 0.416 e. The van der Waals surface area contributed by atoms with Crippen LogP contribution in [0.5, 0.6) is 0 Å². The highest BCUT2D eigenvalue weighted by Crippen LogP contribution is 2.34. The van der Waals surface area contributed by atoms with Crippen molar-refractivity contribution in [2.24, 2.45) is 4.99 Å². The maximum absolute atomic E-state index is 12.9. The predicted molar refractivity (Wildman–Crippen MR) is 100 cm³/mol. The average molecular weight is 391 g/mol. The van der Waals surface area contributed by atoms with Gasteiger partial charge in [-0.3, -0.25) is 4.57 Å². The molecule has 2 heterocycles. The number of alkyl halides is 3. The number of anilines is 1. The minimum Gasteiger partial charge on any atom is -0.308 e. The molecule has 0 bridgehead atoms. The van der Waals surface area contributed by atoms with Crippen molar-refractivity contribution in [1.29, 1.82) is 0 Å². The number of hydrogen-bond donors (Lipinski definition) is 0. The van der Waals surface area contributed by atoms with Crippen molar-refractivity contribution in [2.45, 2.75) is 19.4 Å². The monoisotopic (exact) mass is 390 g/mol. The van der Waals surface area contributed by atoms with Gasteiger partial charge in [0.2, 0.25) is 6.29 Å². The van der Waals surface area contributed by atoms with Crippen LogP contribution in [0.2, 0.25) is 5.02 Å². The van der Waals surface area contributed by atoms with Gasteiger partial charge in [-0.25, -0.2) is 9.98 Å². The van der Waals surface area contributed by atoms with Crippen LogP contribution in [0, 0.1) is 6.92 Å². The van der Waals surface area contributed by atoms with Gasteiger partial charge in [0.05, 0.1) is 16.6 Å². The molecule has 138 valence electrons. The lowest BCUT2D eigenvalue weighted by atomic mass is 10.2. The highest BCUT2D eigenvalue weighted by molar-refractivity contribution is 6.31. The van der Waals surface area contributed by atoms with Crippen LogP contribution in [0.25, 0.3) is 11.0 Å². The third-order valence-electron chi connectivity index (χ3n) is 4.35. The molecular weight excluding hydrogens is 377 g/mol. The zero-order valence-corrected chi connectivity index (χ0v) is 14.9. The molecule has 0 radical (unpaired) electrons. The number of imidazole rings is 1. The van der Waals surface area contributed by atoms with Crippen LogP contribution in [0.4, 0.5) is 18.9 Å². The Hall–Kier alpha value is -2.80. The second kappa shape index (κ2) is 6.42. The topological polar surface area (TPSA) is 33.4 Å². The van der Waals surface area contributed by atoms with E-state index in [-0.39, 0.29) is 0 Å². The number of fused-ring (bicyclic) bond motifs is 1. The van der Waals surface area contributed by atoms with E-state index in [1.165, 1.54) is 12.1 Å². The van der Waals surface area contributed by atoms with Crippen molar-refractivity contribution in [3.63, 3.8) is 0 Å². The predicted octanol–water partition coefficient (Wildman–Crippen LogP) is 5.58. The van der Waals surface area contributed by atoms with Gasteiger partial charge in [-0.15, -0.1) is 0 Å². The fourth-order valence-electron chi connectivity index (χ4n) is 3.12. The quantitative estimate of drug-likeness (QED) is 0.572. The van der Waals surface area contributed by atoms with Crippen LogP contribution in [0.3, 0.4) is 0 Å². The summed E-state index contributed by atoms with van der Waals surface area (Å²) in [6.45, 7) is 1.85. The van der Waals surface area contributed by atoms with E-state index >= 15 is 0 Å². The van der Waals surface area contributed by atoms with Gasteiger partial charge >= 0.3 is 6.18 Å². The van der Waals surface area contributed by atoms with Crippen LogP contribution in [0.15, 0.2) is 59.7 Å². The SMILES string of the molecule is Cc1nc2ccc(Cl)cc2n1C1N=CC=CN1c1ccc(C(F)(F)F)cc1. The van der Waals surface area contributed by atoms with Gasteiger partial charge < -0.3 is 4.90 Å². The molecule has 3 aromatic rings. The first kappa shape index (κ1) is 17.6. The number of allylic oxidation sites excluding steroid dienone is 1. The second-order valence-corrected chi connectivity index (χ2v) is 6.54. The molecule has 0 aliphatic carbocycles. The normalized spacial score (nSPS) is 17.1. The van der Waals surface area contributed by atoms with Crippen molar-refractivity contribution in [1.82, 2.24) is 9.55 Å². The van der Waals surface area contributed by atoms with Crippen LogP contribution in [-0.2, 0) is 6.18 Å². The van der Waals surface area contributed by atoms with E-state index in [2.05, 4.69) is 9.98 Å². The zero-order valence-electron chi connectivity index (χ0n) is 14.2. The molecule has 0 fully saturated rings. The van der Waals surface area contributed by atoms with E-state index in [0.717, 1.165) is 29.0 Å². The van der Waals surface area contributed by atoms with Crippen molar-refractivity contribution in [3.05, 3.63) is 71.2 Å². The summed E-state index contributed by atoms with van der Waals surface area (Å²) in [5.41, 5.74) is 1.47. The van der Waals surface area contributed by atoms with E-state index in [1.807, 2.05) is 17.6 Å². The minimum atomic E-state index is -4.37. The first-order chi connectivity index (χ1) is 12.8. The maximum atomic E-state index is 12.9. The molecule has 1 aliphatic heterocycles. The Morgan fingerprint density at radius 2 is 1.81 bits per heavy atom. The Morgan fingerprint density at radius 1 is 1.07 bits per heavy atom. The third-order valence-corrected chi connectivity index (χ3v) is 4.59. The van der Waals surface area contributed by atoms with Gasteiger partial charge in [-0.1, -0.05) is 11.6 Å². The lowest BCUT2D eigenvalue weighted by molar-refractivity contribution is -0.137. The molecule has 27 heavy (non-hydrogen) atoms. The van der Waals surface area contributed by atoms with Crippen molar-refractivity contribution in [3.8, 4) is 0 Å². The number of aromatic nitrogens is 2. The van der Waals surface area contributed by atoms with E-state index < -0.39 is 18.0 Å². The Balaban J connectivity index is 1.79. The van der Waals surface area contributed by atoms with E-state index in [4.69, 9.17) is 11.6 Å². The van der Waals surface area contributed by atoms with Crippen LogP contribution in [0.1, 0.15) is 17.7 Å². The van der Waals surface area contributed by atoms with Gasteiger partial charge in [0.25, 0.3) is 0 Å². The van der Waals surface area contributed by atoms with Gasteiger partial charge in [0.1, 0.15) is 5.82 Å². The number of aliphatic imine (C=N–C) groups is 1. The molecule has 0 spiro atoms. The number of nitrogens with zero attached hydrogens (tertiary/aromatic N) is 4. The number of benzene rings is 2. The van der Waals surface area contributed by atoms with Crippen LogP contribution >= 0.6 is 11.6 Å². The smallest absolute Gasteiger partial charge is 0.308 e. The van der Waals surface area contributed by atoms with E-state index in [9.17, 15) is 13.2 Å². The summed E-state index contributed by atoms with van der Waals surface area (Å²) in [7, 11) is 0. The minimum absolute atomic E-state index is 0.518.